The fourth-order valence-corrected chi connectivity index (χ4v) is 7.08. The van der Waals surface area contributed by atoms with Crippen molar-refractivity contribution in [3.8, 4) is 11.1 Å². The van der Waals surface area contributed by atoms with Crippen LogP contribution in [0.25, 0.3) is 52.8 Å². The summed E-state index contributed by atoms with van der Waals surface area (Å²) in [5.41, 5.74) is 5.91. The minimum Gasteiger partial charge on any atom is -0.311 e. The van der Waals surface area contributed by atoms with Gasteiger partial charge < -0.3 is 4.90 Å². The van der Waals surface area contributed by atoms with E-state index in [1.807, 2.05) is 11.3 Å². The van der Waals surface area contributed by atoms with Crippen molar-refractivity contribution in [3.05, 3.63) is 152 Å². The fraction of sp³-hybridized carbons (Fsp3) is 0. The molecule has 8 rings (SSSR count). The number of para-hydroxylation sites is 2. The smallest absolute Gasteiger partial charge is 0.0462 e. The molecule has 2 heteroatoms. The third-order valence-electron chi connectivity index (χ3n) is 7.82. The van der Waals surface area contributed by atoms with E-state index in [-0.39, 0.29) is 0 Å². The van der Waals surface area contributed by atoms with Crippen molar-refractivity contribution < 1.29 is 0 Å². The molecule has 0 aliphatic heterocycles. The maximum Gasteiger partial charge on any atom is 0.0462 e. The van der Waals surface area contributed by atoms with Gasteiger partial charge in [-0.05, 0) is 93.3 Å². The first-order valence-corrected chi connectivity index (χ1v) is 14.4. The lowest BCUT2D eigenvalue weighted by Gasteiger charge is -2.25. The van der Waals surface area contributed by atoms with Crippen LogP contribution in [0, 0.1) is 0 Å². The number of nitrogens with zero attached hydrogens (tertiary/aromatic N) is 1. The molecule has 0 aliphatic carbocycles. The molecule has 7 aromatic carbocycles. The van der Waals surface area contributed by atoms with Crippen molar-refractivity contribution in [1.29, 1.82) is 0 Å². The zero-order valence-corrected chi connectivity index (χ0v) is 22.6. The third kappa shape index (κ3) is 3.77. The van der Waals surface area contributed by atoms with E-state index in [1.54, 1.807) is 0 Å². The SMILES string of the molecule is c1ccc(N(c2ccccc2)c2ccc(-c3cc4ccccc4c4cc5sc6ccccc6c5cc34)cc2)cc1. The number of anilines is 3. The molecule has 0 saturated heterocycles. The van der Waals surface area contributed by atoms with Crippen LogP contribution in [0.5, 0.6) is 0 Å². The molecule has 0 N–H and O–H groups in total. The van der Waals surface area contributed by atoms with Crippen molar-refractivity contribution in [2.24, 2.45) is 0 Å². The maximum atomic E-state index is 2.42. The van der Waals surface area contributed by atoms with Gasteiger partial charge in [-0.25, -0.2) is 0 Å². The Balaban J connectivity index is 1.33. The van der Waals surface area contributed by atoms with Crippen molar-refractivity contribution in [3.63, 3.8) is 0 Å². The molecule has 0 amide bonds. The molecule has 188 valence electrons. The van der Waals surface area contributed by atoms with E-state index < -0.39 is 0 Å². The summed E-state index contributed by atoms with van der Waals surface area (Å²) in [6, 6.07) is 54.9. The van der Waals surface area contributed by atoms with Crippen LogP contribution in [0.3, 0.4) is 0 Å². The first-order chi connectivity index (χ1) is 19.8. The van der Waals surface area contributed by atoms with E-state index >= 15 is 0 Å². The van der Waals surface area contributed by atoms with Crippen LogP contribution in [0.1, 0.15) is 0 Å². The zero-order chi connectivity index (χ0) is 26.5. The minimum absolute atomic E-state index is 1.14. The Morgan fingerprint density at radius 1 is 0.375 bits per heavy atom. The Morgan fingerprint density at radius 2 is 0.975 bits per heavy atom. The van der Waals surface area contributed by atoms with Gasteiger partial charge in [0.05, 0.1) is 0 Å². The first-order valence-electron chi connectivity index (χ1n) is 13.6. The maximum absolute atomic E-state index is 2.42. The monoisotopic (exact) mass is 527 g/mol. The van der Waals surface area contributed by atoms with Crippen LogP contribution in [0.4, 0.5) is 17.1 Å². The van der Waals surface area contributed by atoms with E-state index in [9.17, 15) is 0 Å². The van der Waals surface area contributed by atoms with Gasteiger partial charge >= 0.3 is 0 Å². The molecule has 0 bridgehead atoms. The number of hydrogen-bond acceptors (Lipinski definition) is 2. The number of benzene rings is 7. The Morgan fingerprint density at radius 3 is 1.70 bits per heavy atom. The predicted molar refractivity (Wildman–Crippen MR) is 174 cm³/mol. The molecule has 0 aliphatic rings. The standard InChI is InChI=1S/C38H25NS/c1-3-12-28(13-4-1)39(29-14-5-2-6-15-29)30-21-19-26(20-22-30)33-23-27-11-7-8-16-31(27)35-25-38-36(24-34(33)35)32-17-9-10-18-37(32)40-38/h1-25H. The highest BCUT2D eigenvalue weighted by atomic mass is 32.1. The molecule has 8 aromatic rings. The lowest BCUT2D eigenvalue weighted by Crippen LogP contribution is -2.09. The van der Waals surface area contributed by atoms with Crippen molar-refractivity contribution in [2.45, 2.75) is 0 Å². The third-order valence-corrected chi connectivity index (χ3v) is 8.96. The quantitative estimate of drug-likeness (QED) is 0.206. The van der Waals surface area contributed by atoms with Crippen molar-refractivity contribution in [1.82, 2.24) is 0 Å². The van der Waals surface area contributed by atoms with Crippen LogP contribution < -0.4 is 4.90 Å². The van der Waals surface area contributed by atoms with E-state index in [0.717, 1.165) is 17.1 Å². The summed E-state index contributed by atoms with van der Waals surface area (Å²) in [5, 5.41) is 7.85. The molecule has 0 radical (unpaired) electrons. The number of rotatable bonds is 4. The van der Waals surface area contributed by atoms with E-state index in [0.29, 0.717) is 0 Å². The molecule has 1 heterocycles. The summed E-state index contributed by atoms with van der Waals surface area (Å²) in [6.07, 6.45) is 0. The second-order valence-corrected chi connectivity index (χ2v) is 11.3. The van der Waals surface area contributed by atoms with Gasteiger partial charge in [0, 0.05) is 37.2 Å². The van der Waals surface area contributed by atoms with Crippen LogP contribution in [-0.2, 0) is 0 Å². The highest BCUT2D eigenvalue weighted by Gasteiger charge is 2.15. The largest absolute Gasteiger partial charge is 0.311 e. The second-order valence-electron chi connectivity index (χ2n) is 10.2. The molecule has 0 saturated carbocycles. The van der Waals surface area contributed by atoms with Crippen LogP contribution >= 0.6 is 11.3 Å². The Hall–Kier alpha value is -4.92. The Kier molecular flexibility index (Phi) is 5.39. The Labute approximate surface area is 237 Å². The van der Waals surface area contributed by atoms with Crippen molar-refractivity contribution in [2.75, 3.05) is 4.90 Å². The number of fused-ring (bicyclic) bond motifs is 6. The molecule has 1 aromatic heterocycles. The lowest BCUT2D eigenvalue weighted by atomic mass is 9.92. The predicted octanol–water partition coefficient (Wildman–Crippen LogP) is 11.5. The number of hydrogen-bond donors (Lipinski definition) is 0. The van der Waals surface area contributed by atoms with Gasteiger partial charge in [0.25, 0.3) is 0 Å². The molecule has 1 nitrogen and oxygen atoms in total. The summed E-state index contributed by atoms with van der Waals surface area (Å²) >= 11 is 1.88. The van der Waals surface area contributed by atoms with Gasteiger partial charge in [-0.2, -0.15) is 0 Å². The molecule has 0 spiro atoms. The normalized spacial score (nSPS) is 11.5. The van der Waals surface area contributed by atoms with Crippen molar-refractivity contribution >= 4 is 70.1 Å². The van der Waals surface area contributed by atoms with Gasteiger partial charge in [0.2, 0.25) is 0 Å². The van der Waals surface area contributed by atoms with Gasteiger partial charge in [-0.1, -0.05) is 91.0 Å². The average Bonchev–Trinajstić information content (AvgIpc) is 3.39. The average molecular weight is 528 g/mol. The van der Waals surface area contributed by atoms with Gasteiger partial charge in [0.1, 0.15) is 0 Å². The minimum atomic E-state index is 1.14. The summed E-state index contributed by atoms with van der Waals surface area (Å²) in [6.45, 7) is 0. The molecular weight excluding hydrogens is 502 g/mol. The van der Waals surface area contributed by atoms with E-state index in [1.165, 1.54) is 52.8 Å². The summed E-state index contributed by atoms with van der Waals surface area (Å²) in [4.78, 5) is 2.31. The summed E-state index contributed by atoms with van der Waals surface area (Å²) in [5.74, 6) is 0. The van der Waals surface area contributed by atoms with Crippen LogP contribution in [-0.4, -0.2) is 0 Å². The van der Waals surface area contributed by atoms with Gasteiger partial charge in [-0.3, -0.25) is 0 Å². The summed E-state index contributed by atoms with van der Waals surface area (Å²) in [7, 11) is 0. The fourth-order valence-electron chi connectivity index (χ4n) is 5.95. The first kappa shape index (κ1) is 23.0. The molecular formula is C38H25NS. The second kappa shape index (κ2) is 9.37. The van der Waals surface area contributed by atoms with E-state index in [4.69, 9.17) is 0 Å². The van der Waals surface area contributed by atoms with E-state index in [2.05, 4.69) is 157 Å². The molecule has 0 unspecified atom stereocenters. The molecule has 0 fully saturated rings. The lowest BCUT2D eigenvalue weighted by molar-refractivity contribution is 1.28. The topological polar surface area (TPSA) is 3.24 Å². The van der Waals surface area contributed by atoms with Gasteiger partial charge in [-0.15, -0.1) is 11.3 Å². The molecule has 0 atom stereocenters. The zero-order valence-electron chi connectivity index (χ0n) is 21.8. The van der Waals surface area contributed by atoms with Gasteiger partial charge in [0.15, 0.2) is 0 Å². The van der Waals surface area contributed by atoms with Crippen LogP contribution in [0.15, 0.2) is 152 Å². The highest BCUT2D eigenvalue weighted by Crippen LogP contribution is 2.42. The number of thiophene rings is 1. The highest BCUT2D eigenvalue weighted by molar-refractivity contribution is 7.25. The Bertz CT molecular complexity index is 2100. The molecule has 40 heavy (non-hydrogen) atoms. The summed E-state index contributed by atoms with van der Waals surface area (Å²) < 4.78 is 2.68. The van der Waals surface area contributed by atoms with Crippen LogP contribution in [0.2, 0.25) is 0 Å².